The number of urea groups is 1. The second-order valence-corrected chi connectivity index (χ2v) is 5.02. The molecule has 0 aliphatic heterocycles. The van der Waals surface area contributed by atoms with Crippen molar-refractivity contribution in [2.75, 3.05) is 22.1 Å². The Labute approximate surface area is 135 Å². The lowest BCUT2D eigenvalue weighted by Crippen LogP contribution is -2.30. The molecule has 6 heteroatoms. The number of hydrogen-bond donors (Lipinski definition) is 2. The first-order valence-corrected chi connectivity index (χ1v) is 7.47. The van der Waals surface area contributed by atoms with E-state index < -0.39 is 0 Å². The minimum atomic E-state index is -0.345. The van der Waals surface area contributed by atoms with E-state index in [-0.39, 0.29) is 11.9 Å². The van der Waals surface area contributed by atoms with Crippen LogP contribution >= 0.6 is 0 Å². The highest BCUT2D eigenvalue weighted by Gasteiger charge is 2.11. The minimum Gasteiger partial charge on any atom is -0.308 e. The van der Waals surface area contributed by atoms with E-state index in [0.29, 0.717) is 23.7 Å². The lowest BCUT2D eigenvalue weighted by molar-refractivity contribution is -0.116. The molecule has 0 saturated carbocycles. The molecular weight excluding hydrogens is 292 g/mol. The smallest absolute Gasteiger partial charge is 0.308 e. The maximum atomic E-state index is 11.9. The normalized spacial score (nSPS) is 10.0. The molecule has 2 aromatic rings. The van der Waals surface area contributed by atoms with Gasteiger partial charge in [0.25, 0.3) is 0 Å². The van der Waals surface area contributed by atoms with Gasteiger partial charge in [-0.05, 0) is 30.7 Å². The summed E-state index contributed by atoms with van der Waals surface area (Å²) in [5, 5.41) is 5.43. The SMILES string of the molecule is CCCN(C(C)=O)c1ccc(NC(=O)Nc2ccccc2)cn1. The van der Waals surface area contributed by atoms with Crippen LogP contribution in [0.5, 0.6) is 0 Å². The van der Waals surface area contributed by atoms with Gasteiger partial charge in [0.05, 0.1) is 11.9 Å². The number of rotatable bonds is 5. The van der Waals surface area contributed by atoms with E-state index in [1.165, 1.54) is 13.1 Å². The van der Waals surface area contributed by atoms with Crippen LogP contribution in [-0.4, -0.2) is 23.5 Å². The highest BCUT2D eigenvalue weighted by Crippen LogP contribution is 2.15. The summed E-state index contributed by atoms with van der Waals surface area (Å²) in [5.41, 5.74) is 1.27. The van der Waals surface area contributed by atoms with Gasteiger partial charge >= 0.3 is 6.03 Å². The van der Waals surface area contributed by atoms with E-state index in [9.17, 15) is 9.59 Å². The first kappa shape index (κ1) is 16.5. The molecule has 23 heavy (non-hydrogen) atoms. The first-order chi connectivity index (χ1) is 11.1. The van der Waals surface area contributed by atoms with Crippen LogP contribution in [0.15, 0.2) is 48.7 Å². The molecule has 0 spiro atoms. The summed E-state index contributed by atoms with van der Waals surface area (Å²) < 4.78 is 0. The quantitative estimate of drug-likeness (QED) is 0.887. The van der Waals surface area contributed by atoms with Crippen LogP contribution in [0.2, 0.25) is 0 Å². The van der Waals surface area contributed by atoms with Gasteiger partial charge < -0.3 is 10.6 Å². The summed E-state index contributed by atoms with van der Waals surface area (Å²) in [6.45, 7) is 4.13. The molecule has 0 saturated heterocycles. The molecule has 0 atom stereocenters. The molecule has 120 valence electrons. The molecule has 0 radical (unpaired) electrons. The number of carbonyl (C=O) groups is 2. The Kier molecular flexibility index (Phi) is 5.68. The van der Waals surface area contributed by atoms with Crippen LogP contribution in [0.3, 0.4) is 0 Å². The number of para-hydroxylation sites is 1. The second-order valence-electron chi connectivity index (χ2n) is 5.02. The number of pyridine rings is 1. The number of nitrogens with zero attached hydrogens (tertiary/aromatic N) is 2. The van der Waals surface area contributed by atoms with Crippen LogP contribution in [0.1, 0.15) is 20.3 Å². The predicted octanol–water partition coefficient (Wildman–Crippen LogP) is 3.49. The van der Waals surface area contributed by atoms with E-state index in [4.69, 9.17) is 0 Å². The third-order valence-electron chi connectivity index (χ3n) is 3.14. The summed E-state index contributed by atoms with van der Waals surface area (Å²) in [5.74, 6) is 0.523. The number of amides is 3. The van der Waals surface area contributed by atoms with Gasteiger partial charge in [-0.25, -0.2) is 9.78 Å². The maximum absolute atomic E-state index is 11.9. The van der Waals surface area contributed by atoms with Gasteiger partial charge in [-0.3, -0.25) is 9.69 Å². The Hall–Kier alpha value is -2.89. The number of anilines is 3. The average molecular weight is 312 g/mol. The number of carbonyl (C=O) groups excluding carboxylic acids is 2. The van der Waals surface area contributed by atoms with Gasteiger partial charge in [-0.15, -0.1) is 0 Å². The standard InChI is InChI=1S/C17H20N4O2/c1-3-11-21(13(2)22)16-10-9-15(12-18-16)20-17(23)19-14-7-5-4-6-8-14/h4-10,12H,3,11H2,1-2H3,(H2,19,20,23). The predicted molar refractivity (Wildman–Crippen MR) is 91.6 cm³/mol. The Morgan fingerprint density at radius 1 is 1.04 bits per heavy atom. The third-order valence-corrected chi connectivity index (χ3v) is 3.14. The summed E-state index contributed by atoms with van der Waals surface area (Å²) in [6.07, 6.45) is 2.38. The van der Waals surface area contributed by atoms with Crippen LogP contribution in [0.4, 0.5) is 22.0 Å². The van der Waals surface area contributed by atoms with Crippen molar-refractivity contribution in [1.82, 2.24) is 4.98 Å². The maximum Gasteiger partial charge on any atom is 0.323 e. The lowest BCUT2D eigenvalue weighted by Gasteiger charge is -2.19. The van der Waals surface area contributed by atoms with Crippen molar-refractivity contribution in [2.24, 2.45) is 0 Å². The Morgan fingerprint density at radius 2 is 1.74 bits per heavy atom. The van der Waals surface area contributed by atoms with E-state index in [2.05, 4.69) is 15.6 Å². The number of nitrogens with one attached hydrogen (secondary N) is 2. The highest BCUT2D eigenvalue weighted by atomic mass is 16.2. The molecule has 1 heterocycles. The van der Waals surface area contributed by atoms with E-state index in [0.717, 1.165) is 6.42 Å². The fourth-order valence-electron chi connectivity index (χ4n) is 2.09. The van der Waals surface area contributed by atoms with E-state index >= 15 is 0 Å². The van der Waals surface area contributed by atoms with Gasteiger partial charge in [0.15, 0.2) is 0 Å². The third kappa shape index (κ3) is 4.81. The monoisotopic (exact) mass is 312 g/mol. The molecule has 0 aliphatic rings. The average Bonchev–Trinajstić information content (AvgIpc) is 2.54. The number of benzene rings is 1. The van der Waals surface area contributed by atoms with Gasteiger partial charge in [0, 0.05) is 19.2 Å². The van der Waals surface area contributed by atoms with Gasteiger partial charge in [-0.2, -0.15) is 0 Å². The fraction of sp³-hybridized carbons (Fsp3) is 0.235. The fourth-order valence-corrected chi connectivity index (χ4v) is 2.09. The molecule has 2 N–H and O–H groups in total. The van der Waals surface area contributed by atoms with Crippen LogP contribution in [0.25, 0.3) is 0 Å². The van der Waals surface area contributed by atoms with Crippen molar-refractivity contribution in [3.05, 3.63) is 48.7 Å². The minimum absolute atomic E-state index is 0.0538. The summed E-state index contributed by atoms with van der Waals surface area (Å²) in [6, 6.07) is 12.3. The van der Waals surface area contributed by atoms with Crippen molar-refractivity contribution in [2.45, 2.75) is 20.3 Å². The zero-order valence-corrected chi connectivity index (χ0v) is 13.2. The van der Waals surface area contributed by atoms with E-state index in [1.807, 2.05) is 25.1 Å². The largest absolute Gasteiger partial charge is 0.323 e. The Balaban J connectivity index is 1.99. The Bertz CT molecular complexity index is 656. The number of hydrogen-bond acceptors (Lipinski definition) is 3. The molecule has 0 fully saturated rings. The molecule has 6 nitrogen and oxygen atoms in total. The summed E-state index contributed by atoms with van der Waals surface area (Å²) in [7, 11) is 0. The zero-order chi connectivity index (χ0) is 16.7. The first-order valence-electron chi connectivity index (χ1n) is 7.47. The summed E-state index contributed by atoms with van der Waals surface area (Å²) in [4.78, 5) is 29.3. The van der Waals surface area contributed by atoms with Crippen LogP contribution in [0, 0.1) is 0 Å². The van der Waals surface area contributed by atoms with Crippen molar-refractivity contribution in [3.63, 3.8) is 0 Å². The molecule has 0 aliphatic carbocycles. The van der Waals surface area contributed by atoms with Crippen molar-refractivity contribution < 1.29 is 9.59 Å². The molecule has 3 amide bonds. The van der Waals surface area contributed by atoms with Crippen molar-refractivity contribution in [3.8, 4) is 0 Å². The molecule has 2 rings (SSSR count). The molecule has 1 aromatic carbocycles. The van der Waals surface area contributed by atoms with Gasteiger partial charge in [0.1, 0.15) is 5.82 Å². The van der Waals surface area contributed by atoms with Crippen molar-refractivity contribution in [1.29, 1.82) is 0 Å². The van der Waals surface area contributed by atoms with E-state index in [1.54, 1.807) is 29.2 Å². The lowest BCUT2D eigenvalue weighted by atomic mass is 10.3. The molecular formula is C17H20N4O2. The summed E-state index contributed by atoms with van der Waals surface area (Å²) >= 11 is 0. The van der Waals surface area contributed by atoms with Gasteiger partial charge in [-0.1, -0.05) is 25.1 Å². The molecule has 0 unspecified atom stereocenters. The molecule has 0 bridgehead atoms. The highest BCUT2D eigenvalue weighted by molar-refractivity contribution is 5.99. The topological polar surface area (TPSA) is 74.3 Å². The Morgan fingerprint density at radius 3 is 2.30 bits per heavy atom. The van der Waals surface area contributed by atoms with Crippen LogP contribution < -0.4 is 15.5 Å². The molecule has 1 aromatic heterocycles. The number of aromatic nitrogens is 1. The van der Waals surface area contributed by atoms with Gasteiger partial charge in [0.2, 0.25) is 5.91 Å². The second kappa shape index (κ2) is 7.93. The van der Waals surface area contributed by atoms with Crippen molar-refractivity contribution >= 4 is 29.1 Å². The zero-order valence-electron chi connectivity index (χ0n) is 13.2. The van der Waals surface area contributed by atoms with Crippen LogP contribution in [-0.2, 0) is 4.79 Å².